The third-order valence-electron chi connectivity index (χ3n) is 3.65. The molecule has 2 atom stereocenters. The monoisotopic (exact) mass is 271 g/mol. The van der Waals surface area contributed by atoms with Crippen molar-refractivity contribution in [3.8, 4) is 11.8 Å². The van der Waals surface area contributed by atoms with Crippen LogP contribution in [0.3, 0.4) is 0 Å². The normalized spacial score (nSPS) is 19.9. The molecule has 1 N–H and O–H groups in total. The predicted octanol–water partition coefficient (Wildman–Crippen LogP) is 2.03. The number of amides is 1. The van der Waals surface area contributed by atoms with E-state index in [4.69, 9.17) is 5.11 Å². The van der Waals surface area contributed by atoms with Gasteiger partial charge in [0.05, 0.1) is 6.61 Å². The molecular formula is C17H21NO2. The van der Waals surface area contributed by atoms with Gasteiger partial charge in [-0.3, -0.25) is 4.79 Å². The van der Waals surface area contributed by atoms with E-state index in [9.17, 15) is 4.79 Å². The third kappa shape index (κ3) is 3.85. The van der Waals surface area contributed by atoms with Crippen LogP contribution < -0.4 is 0 Å². The van der Waals surface area contributed by atoms with Crippen LogP contribution in [0.5, 0.6) is 0 Å². The SMILES string of the molecule is CC1CC1C(=O)N(C)Cc1ccc(C#CCCO)cc1. The predicted molar refractivity (Wildman–Crippen MR) is 78.8 cm³/mol. The third-order valence-corrected chi connectivity index (χ3v) is 3.65. The van der Waals surface area contributed by atoms with Crippen LogP contribution in [0.4, 0.5) is 0 Å². The Morgan fingerprint density at radius 3 is 2.60 bits per heavy atom. The molecule has 0 saturated heterocycles. The van der Waals surface area contributed by atoms with Gasteiger partial charge in [-0.1, -0.05) is 30.9 Å². The van der Waals surface area contributed by atoms with E-state index in [0.29, 0.717) is 18.9 Å². The molecule has 20 heavy (non-hydrogen) atoms. The van der Waals surface area contributed by atoms with Crippen molar-refractivity contribution in [1.82, 2.24) is 4.90 Å². The average molecular weight is 271 g/mol. The number of rotatable bonds is 4. The second-order valence-corrected chi connectivity index (χ2v) is 5.49. The molecule has 1 aromatic carbocycles. The van der Waals surface area contributed by atoms with Gasteiger partial charge in [-0.2, -0.15) is 0 Å². The molecule has 0 aliphatic heterocycles. The molecule has 1 amide bonds. The zero-order chi connectivity index (χ0) is 14.5. The molecular weight excluding hydrogens is 250 g/mol. The standard InChI is InChI=1S/C17H21NO2/c1-13-11-16(13)17(20)18(2)12-15-8-6-14(7-9-15)5-3-4-10-19/h6-9,13,16,19H,4,10-12H2,1-2H3. The molecule has 3 heteroatoms. The summed E-state index contributed by atoms with van der Waals surface area (Å²) >= 11 is 0. The van der Waals surface area contributed by atoms with Gasteiger partial charge in [-0.15, -0.1) is 0 Å². The van der Waals surface area contributed by atoms with Crippen molar-refractivity contribution in [2.24, 2.45) is 11.8 Å². The number of benzene rings is 1. The van der Waals surface area contributed by atoms with Crippen LogP contribution in [0.15, 0.2) is 24.3 Å². The second-order valence-electron chi connectivity index (χ2n) is 5.49. The maximum absolute atomic E-state index is 12.0. The highest BCUT2D eigenvalue weighted by atomic mass is 16.2. The van der Waals surface area contributed by atoms with Crippen LogP contribution in [0.25, 0.3) is 0 Å². The van der Waals surface area contributed by atoms with Crippen LogP contribution >= 0.6 is 0 Å². The Balaban J connectivity index is 1.90. The molecule has 3 nitrogen and oxygen atoms in total. The van der Waals surface area contributed by atoms with E-state index in [0.717, 1.165) is 17.5 Å². The van der Waals surface area contributed by atoms with Crippen molar-refractivity contribution < 1.29 is 9.90 Å². The van der Waals surface area contributed by atoms with Crippen molar-refractivity contribution in [3.63, 3.8) is 0 Å². The lowest BCUT2D eigenvalue weighted by Crippen LogP contribution is -2.28. The smallest absolute Gasteiger partial charge is 0.226 e. The maximum atomic E-state index is 12.0. The molecule has 1 aliphatic rings. The van der Waals surface area contributed by atoms with Crippen LogP contribution in [0.1, 0.15) is 30.9 Å². The Labute approximate surface area is 120 Å². The summed E-state index contributed by atoms with van der Waals surface area (Å²) in [6, 6.07) is 7.92. The molecule has 1 aliphatic carbocycles. The number of aliphatic hydroxyl groups excluding tert-OH is 1. The summed E-state index contributed by atoms with van der Waals surface area (Å²) in [7, 11) is 1.86. The fourth-order valence-corrected chi connectivity index (χ4v) is 2.21. The minimum Gasteiger partial charge on any atom is -0.395 e. The first kappa shape index (κ1) is 14.6. The van der Waals surface area contributed by atoms with Gasteiger partial charge in [-0.25, -0.2) is 0 Å². The van der Waals surface area contributed by atoms with Gasteiger partial charge in [0, 0.05) is 31.5 Å². The minimum absolute atomic E-state index is 0.0948. The fraction of sp³-hybridized carbons (Fsp3) is 0.471. The van der Waals surface area contributed by atoms with E-state index in [-0.39, 0.29) is 18.4 Å². The first-order chi connectivity index (χ1) is 9.61. The fourth-order valence-electron chi connectivity index (χ4n) is 2.21. The van der Waals surface area contributed by atoms with E-state index in [1.807, 2.05) is 31.3 Å². The largest absolute Gasteiger partial charge is 0.395 e. The van der Waals surface area contributed by atoms with Gasteiger partial charge < -0.3 is 10.0 Å². The van der Waals surface area contributed by atoms with Gasteiger partial charge in [0.2, 0.25) is 5.91 Å². The molecule has 0 bridgehead atoms. The Kier molecular flexibility index (Phi) is 4.81. The maximum Gasteiger partial charge on any atom is 0.226 e. The number of carbonyl (C=O) groups excluding carboxylic acids is 1. The zero-order valence-corrected chi connectivity index (χ0v) is 12.1. The molecule has 1 saturated carbocycles. The molecule has 0 spiro atoms. The molecule has 1 fully saturated rings. The number of aliphatic hydroxyl groups is 1. The zero-order valence-electron chi connectivity index (χ0n) is 12.1. The summed E-state index contributed by atoms with van der Waals surface area (Å²) in [5.41, 5.74) is 2.05. The lowest BCUT2D eigenvalue weighted by molar-refractivity contribution is -0.132. The molecule has 2 rings (SSSR count). The van der Waals surface area contributed by atoms with Crippen molar-refractivity contribution in [2.45, 2.75) is 26.3 Å². The Morgan fingerprint density at radius 1 is 1.40 bits per heavy atom. The Bertz CT molecular complexity index is 524. The van der Waals surface area contributed by atoms with Crippen LogP contribution in [-0.2, 0) is 11.3 Å². The Hall–Kier alpha value is -1.79. The van der Waals surface area contributed by atoms with Crippen molar-refractivity contribution in [2.75, 3.05) is 13.7 Å². The molecule has 0 heterocycles. The lowest BCUT2D eigenvalue weighted by Gasteiger charge is -2.17. The van der Waals surface area contributed by atoms with Gasteiger partial charge in [-0.05, 0) is 30.0 Å². The molecule has 1 aromatic rings. The summed E-state index contributed by atoms with van der Waals surface area (Å²) < 4.78 is 0. The number of nitrogens with zero attached hydrogens (tertiary/aromatic N) is 1. The van der Waals surface area contributed by atoms with E-state index >= 15 is 0 Å². The summed E-state index contributed by atoms with van der Waals surface area (Å²) in [6.07, 6.45) is 1.53. The highest BCUT2D eigenvalue weighted by Crippen LogP contribution is 2.39. The van der Waals surface area contributed by atoms with E-state index in [1.54, 1.807) is 4.90 Å². The second kappa shape index (κ2) is 6.58. The van der Waals surface area contributed by atoms with Gasteiger partial charge in [0.15, 0.2) is 0 Å². The number of carbonyl (C=O) groups is 1. The molecule has 2 unspecified atom stereocenters. The van der Waals surface area contributed by atoms with E-state index in [2.05, 4.69) is 18.8 Å². The summed E-state index contributed by atoms with van der Waals surface area (Å²) in [5.74, 6) is 6.93. The first-order valence-corrected chi connectivity index (χ1v) is 7.05. The molecule has 0 aromatic heterocycles. The van der Waals surface area contributed by atoms with Gasteiger partial charge >= 0.3 is 0 Å². The van der Waals surface area contributed by atoms with E-state index < -0.39 is 0 Å². The number of hydrogen-bond acceptors (Lipinski definition) is 2. The summed E-state index contributed by atoms with van der Waals surface area (Å²) in [6.45, 7) is 2.86. The van der Waals surface area contributed by atoms with Crippen molar-refractivity contribution >= 4 is 5.91 Å². The average Bonchev–Trinajstić information content (AvgIpc) is 3.17. The topological polar surface area (TPSA) is 40.5 Å². The van der Waals surface area contributed by atoms with E-state index in [1.165, 1.54) is 0 Å². The Morgan fingerprint density at radius 2 is 2.05 bits per heavy atom. The van der Waals surface area contributed by atoms with Crippen LogP contribution in [0.2, 0.25) is 0 Å². The van der Waals surface area contributed by atoms with Crippen LogP contribution in [0, 0.1) is 23.7 Å². The summed E-state index contributed by atoms with van der Waals surface area (Å²) in [5, 5.41) is 8.67. The van der Waals surface area contributed by atoms with Gasteiger partial charge in [0.1, 0.15) is 0 Å². The highest BCUT2D eigenvalue weighted by Gasteiger charge is 2.40. The quantitative estimate of drug-likeness (QED) is 0.851. The number of hydrogen-bond donors (Lipinski definition) is 1. The van der Waals surface area contributed by atoms with Crippen LogP contribution in [-0.4, -0.2) is 29.6 Å². The van der Waals surface area contributed by atoms with Gasteiger partial charge in [0.25, 0.3) is 0 Å². The van der Waals surface area contributed by atoms with Crippen molar-refractivity contribution in [1.29, 1.82) is 0 Å². The molecule has 106 valence electrons. The lowest BCUT2D eigenvalue weighted by atomic mass is 10.1. The highest BCUT2D eigenvalue weighted by molar-refractivity contribution is 5.81. The summed E-state index contributed by atoms with van der Waals surface area (Å²) in [4.78, 5) is 13.8. The first-order valence-electron chi connectivity index (χ1n) is 7.05. The van der Waals surface area contributed by atoms with Crippen molar-refractivity contribution in [3.05, 3.63) is 35.4 Å². The minimum atomic E-state index is 0.0948. The molecule has 0 radical (unpaired) electrons.